The highest BCUT2D eigenvalue weighted by Gasteiger charge is 2.09. The molecule has 0 saturated carbocycles. The molecule has 108 valence electrons. The van der Waals surface area contributed by atoms with E-state index in [1.54, 1.807) is 31.2 Å². The second kappa shape index (κ2) is 5.91. The Morgan fingerprint density at radius 3 is 2.43 bits per heavy atom. The molecule has 7 heteroatoms. The molecule has 0 fully saturated rings. The third kappa shape index (κ3) is 3.69. The Morgan fingerprint density at radius 2 is 1.90 bits per heavy atom. The first kappa shape index (κ1) is 14.3. The lowest BCUT2D eigenvalue weighted by Crippen LogP contribution is -2.06. The lowest BCUT2D eigenvalue weighted by molar-refractivity contribution is -0.384. The second-order valence-corrected chi connectivity index (χ2v) is 4.26. The summed E-state index contributed by atoms with van der Waals surface area (Å²) in [6.45, 7) is 1.71. The van der Waals surface area contributed by atoms with Crippen LogP contribution in [0.1, 0.15) is 5.56 Å². The van der Waals surface area contributed by atoms with Crippen LogP contribution in [0.15, 0.2) is 42.5 Å². The van der Waals surface area contributed by atoms with Gasteiger partial charge in [0.25, 0.3) is 5.69 Å². The predicted octanol–water partition coefficient (Wildman–Crippen LogP) is 3.79. The van der Waals surface area contributed by atoms with Gasteiger partial charge < -0.3 is 9.84 Å². The van der Waals surface area contributed by atoms with Gasteiger partial charge in [-0.05, 0) is 42.8 Å². The molecule has 0 spiro atoms. The Kier molecular flexibility index (Phi) is 4.03. The van der Waals surface area contributed by atoms with Gasteiger partial charge in [0, 0.05) is 17.8 Å². The fraction of sp³-hybridized carbons (Fsp3) is 0.0714. The van der Waals surface area contributed by atoms with Gasteiger partial charge in [0.2, 0.25) is 0 Å². The molecule has 0 atom stereocenters. The molecule has 1 amide bonds. The third-order valence-electron chi connectivity index (χ3n) is 2.70. The maximum absolute atomic E-state index is 10.7. The van der Waals surface area contributed by atoms with E-state index in [1.807, 2.05) is 0 Å². The third-order valence-corrected chi connectivity index (χ3v) is 2.70. The van der Waals surface area contributed by atoms with Crippen LogP contribution >= 0.6 is 0 Å². The summed E-state index contributed by atoms with van der Waals surface area (Å²) in [5.41, 5.74) is 1.06. The van der Waals surface area contributed by atoms with Crippen molar-refractivity contribution in [3.05, 3.63) is 58.1 Å². The Labute approximate surface area is 119 Å². The maximum atomic E-state index is 10.7. The van der Waals surface area contributed by atoms with Gasteiger partial charge in [0.05, 0.1) is 4.92 Å². The van der Waals surface area contributed by atoms with Crippen molar-refractivity contribution in [3.8, 4) is 11.5 Å². The molecule has 0 radical (unpaired) electrons. The van der Waals surface area contributed by atoms with E-state index in [-0.39, 0.29) is 5.69 Å². The Morgan fingerprint density at radius 1 is 1.24 bits per heavy atom. The first-order chi connectivity index (χ1) is 9.95. The number of hydrogen-bond acceptors (Lipinski definition) is 4. The van der Waals surface area contributed by atoms with Crippen molar-refractivity contribution in [1.29, 1.82) is 0 Å². The van der Waals surface area contributed by atoms with Crippen molar-refractivity contribution < 1.29 is 19.6 Å². The minimum absolute atomic E-state index is 0.000793. The summed E-state index contributed by atoms with van der Waals surface area (Å²) in [4.78, 5) is 20.7. The number of nitro groups is 1. The Bertz CT molecular complexity index is 682. The topological polar surface area (TPSA) is 102 Å². The van der Waals surface area contributed by atoms with Gasteiger partial charge in [-0.2, -0.15) is 0 Å². The number of nitro benzene ring substituents is 1. The molecule has 2 rings (SSSR count). The van der Waals surface area contributed by atoms with Crippen LogP contribution in [0.5, 0.6) is 11.5 Å². The molecular weight excluding hydrogens is 276 g/mol. The molecule has 2 aromatic carbocycles. The van der Waals surface area contributed by atoms with Gasteiger partial charge in [0.1, 0.15) is 11.5 Å². The van der Waals surface area contributed by atoms with E-state index in [4.69, 9.17) is 9.84 Å². The zero-order valence-electron chi connectivity index (χ0n) is 11.1. The molecule has 21 heavy (non-hydrogen) atoms. The molecule has 0 aliphatic rings. The van der Waals surface area contributed by atoms with E-state index in [0.29, 0.717) is 22.7 Å². The Balaban J connectivity index is 2.14. The van der Waals surface area contributed by atoms with Gasteiger partial charge in [-0.3, -0.25) is 15.4 Å². The number of nitrogens with zero attached hydrogens (tertiary/aromatic N) is 1. The van der Waals surface area contributed by atoms with Crippen LogP contribution in [0.4, 0.5) is 16.2 Å². The van der Waals surface area contributed by atoms with Crippen molar-refractivity contribution in [2.45, 2.75) is 6.92 Å². The highest BCUT2D eigenvalue weighted by molar-refractivity contribution is 5.82. The summed E-state index contributed by atoms with van der Waals surface area (Å²) in [5, 5.41) is 21.5. The lowest BCUT2D eigenvalue weighted by Gasteiger charge is -2.09. The number of benzene rings is 2. The molecule has 7 nitrogen and oxygen atoms in total. The summed E-state index contributed by atoms with van der Waals surface area (Å²) < 4.78 is 5.61. The molecular formula is C14H12N2O5. The van der Waals surface area contributed by atoms with Crippen LogP contribution in [-0.4, -0.2) is 16.1 Å². The quantitative estimate of drug-likeness (QED) is 0.658. The summed E-state index contributed by atoms with van der Waals surface area (Å²) in [7, 11) is 0. The van der Waals surface area contributed by atoms with Gasteiger partial charge in [-0.1, -0.05) is 0 Å². The number of amides is 1. The zero-order chi connectivity index (χ0) is 15.4. The van der Waals surface area contributed by atoms with E-state index in [2.05, 4.69) is 5.32 Å². The number of nitrogens with one attached hydrogen (secondary N) is 1. The maximum Gasteiger partial charge on any atom is 0.409 e. The average Bonchev–Trinajstić information content (AvgIpc) is 2.42. The van der Waals surface area contributed by atoms with E-state index < -0.39 is 11.0 Å². The SMILES string of the molecule is Cc1cc([N+](=O)[O-])ccc1Oc1ccc(NC(=O)O)cc1. The Hall–Kier alpha value is -3.09. The number of ether oxygens (including phenoxy) is 1. The number of carboxylic acid groups (broad SMARTS) is 1. The van der Waals surface area contributed by atoms with Crippen LogP contribution in [0.25, 0.3) is 0 Å². The smallest absolute Gasteiger partial charge is 0.409 e. The molecule has 0 aliphatic heterocycles. The second-order valence-electron chi connectivity index (χ2n) is 4.26. The fourth-order valence-corrected chi connectivity index (χ4v) is 1.72. The van der Waals surface area contributed by atoms with Crippen LogP contribution in [0, 0.1) is 17.0 Å². The van der Waals surface area contributed by atoms with Crippen LogP contribution < -0.4 is 10.1 Å². The normalized spacial score (nSPS) is 9.95. The highest BCUT2D eigenvalue weighted by atomic mass is 16.6. The van der Waals surface area contributed by atoms with Crippen LogP contribution in [-0.2, 0) is 0 Å². The predicted molar refractivity (Wildman–Crippen MR) is 76.0 cm³/mol. The molecule has 0 aromatic heterocycles. The van der Waals surface area contributed by atoms with E-state index in [0.717, 1.165) is 0 Å². The fourth-order valence-electron chi connectivity index (χ4n) is 1.72. The summed E-state index contributed by atoms with van der Waals surface area (Å²) >= 11 is 0. The molecule has 2 N–H and O–H groups in total. The van der Waals surface area contributed by atoms with Crippen molar-refractivity contribution in [1.82, 2.24) is 0 Å². The van der Waals surface area contributed by atoms with Gasteiger partial charge in [0.15, 0.2) is 0 Å². The lowest BCUT2D eigenvalue weighted by atomic mass is 10.2. The molecule has 0 unspecified atom stereocenters. The molecule has 0 heterocycles. The van der Waals surface area contributed by atoms with E-state index in [9.17, 15) is 14.9 Å². The molecule has 0 bridgehead atoms. The average molecular weight is 288 g/mol. The van der Waals surface area contributed by atoms with Crippen molar-refractivity contribution in [2.75, 3.05) is 5.32 Å². The monoisotopic (exact) mass is 288 g/mol. The molecule has 0 aliphatic carbocycles. The van der Waals surface area contributed by atoms with Crippen molar-refractivity contribution >= 4 is 17.5 Å². The summed E-state index contributed by atoms with van der Waals surface area (Å²) in [6, 6.07) is 10.6. The number of anilines is 1. The minimum atomic E-state index is -1.14. The highest BCUT2D eigenvalue weighted by Crippen LogP contribution is 2.28. The number of rotatable bonds is 4. The van der Waals surface area contributed by atoms with Crippen LogP contribution in [0.2, 0.25) is 0 Å². The first-order valence-corrected chi connectivity index (χ1v) is 5.98. The van der Waals surface area contributed by atoms with Crippen molar-refractivity contribution in [3.63, 3.8) is 0 Å². The number of aryl methyl sites for hydroxylation is 1. The van der Waals surface area contributed by atoms with E-state index >= 15 is 0 Å². The van der Waals surface area contributed by atoms with Gasteiger partial charge >= 0.3 is 6.09 Å². The standard InChI is InChI=1S/C14H12N2O5/c1-9-8-11(16(19)20)4-7-13(9)21-12-5-2-10(3-6-12)15-14(17)18/h2-8,15H,1H3,(H,17,18). The van der Waals surface area contributed by atoms with Gasteiger partial charge in [-0.25, -0.2) is 4.79 Å². The number of carbonyl (C=O) groups is 1. The number of non-ortho nitro benzene ring substituents is 1. The summed E-state index contributed by atoms with van der Waals surface area (Å²) in [5.74, 6) is 1.00. The number of hydrogen-bond donors (Lipinski definition) is 2. The van der Waals surface area contributed by atoms with Crippen molar-refractivity contribution in [2.24, 2.45) is 0 Å². The zero-order valence-corrected chi connectivity index (χ0v) is 11.1. The molecule has 2 aromatic rings. The van der Waals surface area contributed by atoms with Gasteiger partial charge in [-0.15, -0.1) is 0 Å². The first-order valence-electron chi connectivity index (χ1n) is 5.98. The van der Waals surface area contributed by atoms with E-state index in [1.165, 1.54) is 18.2 Å². The summed E-state index contributed by atoms with van der Waals surface area (Å²) in [6.07, 6.45) is -1.14. The van der Waals surface area contributed by atoms with Crippen LogP contribution in [0.3, 0.4) is 0 Å². The minimum Gasteiger partial charge on any atom is -0.465 e. The largest absolute Gasteiger partial charge is 0.465 e. The molecule has 0 saturated heterocycles.